The van der Waals surface area contributed by atoms with E-state index in [1.54, 1.807) is 0 Å². The van der Waals surface area contributed by atoms with Crippen LogP contribution in [0.4, 0.5) is 14.6 Å². The van der Waals surface area contributed by atoms with E-state index in [1.165, 1.54) is 17.7 Å². The van der Waals surface area contributed by atoms with Crippen LogP contribution in [0.25, 0.3) is 0 Å². The van der Waals surface area contributed by atoms with Crippen molar-refractivity contribution in [1.29, 1.82) is 0 Å². The molecule has 4 heterocycles. The molecule has 0 spiro atoms. The van der Waals surface area contributed by atoms with E-state index in [0.717, 1.165) is 37.6 Å². The third kappa shape index (κ3) is 2.96. The predicted octanol–water partition coefficient (Wildman–Crippen LogP) is 2.52. The van der Waals surface area contributed by atoms with E-state index in [-0.39, 0.29) is 30.2 Å². The van der Waals surface area contributed by atoms with Crippen molar-refractivity contribution in [3.8, 4) is 0 Å². The van der Waals surface area contributed by atoms with Gasteiger partial charge in [0.15, 0.2) is 5.82 Å². The molecule has 1 aliphatic carbocycles. The van der Waals surface area contributed by atoms with E-state index in [0.29, 0.717) is 13.0 Å². The first-order chi connectivity index (χ1) is 13.1. The largest absolute Gasteiger partial charge is 0.374 e. The van der Waals surface area contributed by atoms with Gasteiger partial charge in [0.05, 0.1) is 18.4 Å². The zero-order chi connectivity index (χ0) is 18.5. The molecule has 1 aromatic heterocycles. The number of fused-ring (bicyclic) bond motifs is 3. The Bertz CT molecular complexity index is 845. The number of aromatic nitrogens is 2. The number of aryl methyl sites for hydroxylation is 1. The number of hydrogen-bond acceptors (Lipinski definition) is 5. The molecule has 5 rings (SSSR count). The van der Waals surface area contributed by atoms with Gasteiger partial charge in [-0.3, -0.25) is 4.90 Å². The first-order valence-corrected chi connectivity index (χ1v) is 9.54. The minimum Gasteiger partial charge on any atom is -0.374 e. The molecule has 6 nitrogen and oxygen atoms in total. The second kappa shape index (κ2) is 6.61. The van der Waals surface area contributed by atoms with Gasteiger partial charge in [0, 0.05) is 62.3 Å². The van der Waals surface area contributed by atoms with Gasteiger partial charge in [-0.2, -0.15) is 5.10 Å². The lowest BCUT2D eigenvalue weighted by Gasteiger charge is -2.41. The van der Waals surface area contributed by atoms with Crippen LogP contribution in [0.2, 0.25) is 0 Å². The number of aliphatic imine (C=N–C) groups is 1. The first-order valence-electron chi connectivity index (χ1n) is 9.54. The standard InChI is InChI=1S/C19H23F2N5O/c20-11-2-3-15(21)13(6-11)18-16(22)7-12(10-27-18)25-8-14-17(9-25)24-26-5-1-4-23-19(14)26/h2-4,12-13,16,18H,1,5-10,22H2/t12?,13-,16?,18?/m0/s1. The van der Waals surface area contributed by atoms with Crippen LogP contribution in [0, 0.1) is 5.92 Å². The van der Waals surface area contributed by atoms with Crippen molar-refractivity contribution in [3.63, 3.8) is 0 Å². The van der Waals surface area contributed by atoms with Crippen LogP contribution in [0.3, 0.4) is 0 Å². The van der Waals surface area contributed by atoms with Gasteiger partial charge in [-0.15, -0.1) is 0 Å². The smallest absolute Gasteiger partial charge is 0.154 e. The third-order valence-corrected chi connectivity index (χ3v) is 6.05. The second-order valence-corrected chi connectivity index (χ2v) is 7.80. The van der Waals surface area contributed by atoms with Gasteiger partial charge >= 0.3 is 0 Å². The summed E-state index contributed by atoms with van der Waals surface area (Å²) in [5.74, 6) is -0.323. The van der Waals surface area contributed by atoms with Crippen molar-refractivity contribution in [3.05, 3.63) is 35.1 Å². The average molecular weight is 375 g/mol. The summed E-state index contributed by atoms with van der Waals surface area (Å²) in [4.78, 5) is 6.82. The zero-order valence-electron chi connectivity index (χ0n) is 15.0. The van der Waals surface area contributed by atoms with E-state index in [9.17, 15) is 8.78 Å². The van der Waals surface area contributed by atoms with Gasteiger partial charge in [-0.1, -0.05) is 0 Å². The number of nitrogens with two attached hydrogens (primary N) is 1. The van der Waals surface area contributed by atoms with E-state index >= 15 is 0 Å². The van der Waals surface area contributed by atoms with E-state index in [4.69, 9.17) is 10.5 Å². The maximum atomic E-state index is 14.2. The molecule has 0 saturated carbocycles. The fourth-order valence-corrected chi connectivity index (χ4v) is 4.64. The summed E-state index contributed by atoms with van der Waals surface area (Å²) in [5.41, 5.74) is 8.60. The lowest BCUT2D eigenvalue weighted by atomic mass is 9.85. The molecule has 27 heavy (non-hydrogen) atoms. The molecule has 0 bridgehead atoms. The molecule has 0 radical (unpaired) electrons. The maximum absolute atomic E-state index is 14.2. The van der Waals surface area contributed by atoms with E-state index in [2.05, 4.69) is 15.0 Å². The van der Waals surface area contributed by atoms with E-state index < -0.39 is 12.0 Å². The highest BCUT2D eigenvalue weighted by atomic mass is 19.1. The van der Waals surface area contributed by atoms with Crippen LogP contribution in [0.1, 0.15) is 30.5 Å². The van der Waals surface area contributed by atoms with Crippen molar-refractivity contribution < 1.29 is 13.5 Å². The highest BCUT2D eigenvalue weighted by Gasteiger charge is 2.41. The summed E-state index contributed by atoms with van der Waals surface area (Å²) < 4.78 is 35.7. The fourth-order valence-electron chi connectivity index (χ4n) is 4.64. The maximum Gasteiger partial charge on any atom is 0.154 e. The fraction of sp³-hybridized carbons (Fsp3) is 0.579. The SMILES string of the molecule is NC1CC(N2Cc3nn4c(c3C2)N=CCC4)COC1[C@H]1CC(F)=CC=C1F. The van der Waals surface area contributed by atoms with Gasteiger partial charge in [-0.05, 0) is 18.6 Å². The average Bonchev–Trinajstić information content (AvgIpc) is 3.22. The lowest BCUT2D eigenvalue weighted by Crippen LogP contribution is -2.53. The highest BCUT2D eigenvalue weighted by molar-refractivity contribution is 5.65. The number of hydrogen-bond donors (Lipinski definition) is 1. The molecule has 1 aromatic rings. The summed E-state index contributed by atoms with van der Waals surface area (Å²) in [6.07, 6.45) is 5.47. The van der Waals surface area contributed by atoms with Crippen molar-refractivity contribution in [2.45, 2.75) is 57.1 Å². The normalized spacial score (nSPS) is 33.4. The zero-order valence-corrected chi connectivity index (χ0v) is 15.0. The van der Waals surface area contributed by atoms with Crippen molar-refractivity contribution in [2.75, 3.05) is 6.61 Å². The summed E-state index contributed by atoms with van der Waals surface area (Å²) in [6.45, 7) is 2.89. The Hall–Kier alpha value is -1.90. The number of rotatable bonds is 2. The molecule has 0 amide bonds. The van der Waals surface area contributed by atoms with Crippen LogP contribution in [-0.4, -0.2) is 45.7 Å². The number of nitrogens with zero attached hydrogens (tertiary/aromatic N) is 4. The molecule has 4 aliphatic rings. The highest BCUT2D eigenvalue weighted by Crippen LogP contribution is 2.38. The summed E-state index contributed by atoms with van der Waals surface area (Å²) in [5, 5.41) is 4.69. The molecule has 144 valence electrons. The Kier molecular flexibility index (Phi) is 4.22. The molecule has 3 aliphatic heterocycles. The van der Waals surface area contributed by atoms with Gasteiger partial charge in [0.25, 0.3) is 0 Å². The Morgan fingerprint density at radius 1 is 1.22 bits per heavy atom. The monoisotopic (exact) mass is 375 g/mol. The first kappa shape index (κ1) is 17.2. The Morgan fingerprint density at radius 3 is 2.96 bits per heavy atom. The molecule has 3 unspecified atom stereocenters. The Labute approximate surface area is 156 Å². The van der Waals surface area contributed by atoms with Gasteiger partial charge in [-0.25, -0.2) is 18.5 Å². The summed E-state index contributed by atoms with van der Waals surface area (Å²) in [6, 6.07) is -0.183. The molecule has 1 fully saturated rings. The predicted molar refractivity (Wildman–Crippen MR) is 96.9 cm³/mol. The van der Waals surface area contributed by atoms with Gasteiger partial charge in [0.1, 0.15) is 11.7 Å². The van der Waals surface area contributed by atoms with Crippen molar-refractivity contribution in [1.82, 2.24) is 14.7 Å². The number of ether oxygens (including phenoxy) is 1. The lowest BCUT2D eigenvalue weighted by molar-refractivity contribution is -0.0729. The topological polar surface area (TPSA) is 68.7 Å². The third-order valence-electron chi connectivity index (χ3n) is 6.05. The number of allylic oxidation sites excluding steroid dienone is 3. The van der Waals surface area contributed by atoms with Crippen LogP contribution >= 0.6 is 0 Å². The molecule has 2 N–H and O–H groups in total. The second-order valence-electron chi connectivity index (χ2n) is 7.80. The summed E-state index contributed by atoms with van der Waals surface area (Å²) >= 11 is 0. The Balaban J connectivity index is 1.26. The minimum atomic E-state index is -0.622. The van der Waals surface area contributed by atoms with Crippen LogP contribution in [0.15, 0.2) is 28.8 Å². The molecular weight excluding hydrogens is 352 g/mol. The molecule has 4 atom stereocenters. The van der Waals surface area contributed by atoms with Crippen LogP contribution in [-0.2, 0) is 24.4 Å². The van der Waals surface area contributed by atoms with Gasteiger partial charge in [0.2, 0.25) is 0 Å². The summed E-state index contributed by atoms with van der Waals surface area (Å²) in [7, 11) is 0. The molecular formula is C19H23F2N5O. The number of halogens is 2. The quantitative estimate of drug-likeness (QED) is 0.862. The van der Waals surface area contributed by atoms with Crippen molar-refractivity contribution >= 4 is 12.0 Å². The van der Waals surface area contributed by atoms with Crippen LogP contribution in [0.5, 0.6) is 0 Å². The van der Waals surface area contributed by atoms with Crippen LogP contribution < -0.4 is 5.73 Å². The molecule has 0 aromatic carbocycles. The van der Waals surface area contributed by atoms with E-state index in [1.807, 2.05) is 10.9 Å². The molecule has 8 heteroatoms. The Morgan fingerprint density at radius 2 is 2.11 bits per heavy atom. The minimum absolute atomic E-state index is 0.0238. The van der Waals surface area contributed by atoms with Crippen molar-refractivity contribution in [2.24, 2.45) is 16.6 Å². The van der Waals surface area contributed by atoms with Gasteiger partial charge < -0.3 is 10.5 Å². The molecule has 1 saturated heterocycles.